The molecule has 1 saturated heterocycles. The molecule has 0 bridgehead atoms. The molecule has 2 heterocycles. The lowest BCUT2D eigenvalue weighted by atomic mass is 9.93. The van der Waals surface area contributed by atoms with Gasteiger partial charge in [0.15, 0.2) is 0 Å². The standard InChI is InChI=1S/C23H30N2/c1-2-6-20(7-3-1)10-14-24-15-11-21(12-16-24)18-25-17-13-22-8-4-5-9-23(22)19-25/h1-9,21H,10-19H2. The fourth-order valence-corrected chi connectivity index (χ4v) is 4.40. The smallest absolute Gasteiger partial charge is 0.0236 e. The third kappa shape index (κ3) is 4.50. The number of rotatable bonds is 5. The van der Waals surface area contributed by atoms with Crippen LogP contribution in [0.25, 0.3) is 0 Å². The van der Waals surface area contributed by atoms with Crippen LogP contribution in [0.5, 0.6) is 0 Å². The van der Waals surface area contributed by atoms with Crippen molar-refractivity contribution in [2.24, 2.45) is 5.92 Å². The summed E-state index contributed by atoms with van der Waals surface area (Å²) in [4.78, 5) is 5.35. The molecule has 25 heavy (non-hydrogen) atoms. The molecular formula is C23H30N2. The Bertz CT molecular complexity index is 659. The maximum atomic E-state index is 2.69. The van der Waals surface area contributed by atoms with Crippen molar-refractivity contribution in [3.8, 4) is 0 Å². The van der Waals surface area contributed by atoms with Crippen molar-refractivity contribution < 1.29 is 0 Å². The Morgan fingerprint density at radius 1 is 0.760 bits per heavy atom. The molecular weight excluding hydrogens is 304 g/mol. The second-order valence-corrected chi connectivity index (χ2v) is 7.77. The van der Waals surface area contributed by atoms with Crippen molar-refractivity contribution in [3.05, 3.63) is 71.3 Å². The highest BCUT2D eigenvalue weighted by atomic mass is 15.1. The SMILES string of the molecule is c1ccc(CCN2CCC(CN3CCc4ccccc4C3)CC2)cc1. The van der Waals surface area contributed by atoms with Crippen molar-refractivity contribution in [2.75, 3.05) is 32.7 Å². The van der Waals surface area contributed by atoms with Gasteiger partial charge in [-0.1, -0.05) is 54.6 Å². The Hall–Kier alpha value is -1.64. The van der Waals surface area contributed by atoms with Crippen LogP contribution >= 0.6 is 0 Å². The van der Waals surface area contributed by atoms with E-state index in [2.05, 4.69) is 64.4 Å². The highest BCUT2D eigenvalue weighted by Crippen LogP contribution is 2.23. The molecule has 0 atom stereocenters. The van der Waals surface area contributed by atoms with Crippen LogP contribution in [0.1, 0.15) is 29.5 Å². The van der Waals surface area contributed by atoms with Crippen LogP contribution in [-0.2, 0) is 19.4 Å². The first kappa shape index (κ1) is 16.8. The van der Waals surface area contributed by atoms with Crippen molar-refractivity contribution in [2.45, 2.75) is 32.2 Å². The van der Waals surface area contributed by atoms with E-state index in [9.17, 15) is 0 Å². The molecule has 2 aromatic rings. The largest absolute Gasteiger partial charge is 0.303 e. The first-order chi connectivity index (χ1) is 12.4. The lowest BCUT2D eigenvalue weighted by Crippen LogP contribution is -2.40. The summed E-state index contributed by atoms with van der Waals surface area (Å²) >= 11 is 0. The Kier molecular flexibility index (Phi) is 5.49. The molecule has 0 unspecified atom stereocenters. The Labute approximate surface area is 152 Å². The average Bonchev–Trinajstić information content (AvgIpc) is 2.68. The van der Waals surface area contributed by atoms with E-state index >= 15 is 0 Å². The molecule has 2 heteroatoms. The van der Waals surface area contributed by atoms with Gasteiger partial charge in [0.2, 0.25) is 0 Å². The Morgan fingerprint density at radius 3 is 2.28 bits per heavy atom. The molecule has 2 aliphatic rings. The Balaban J connectivity index is 1.20. The molecule has 2 aromatic carbocycles. The zero-order chi connectivity index (χ0) is 16.9. The molecule has 0 amide bonds. The fourth-order valence-electron chi connectivity index (χ4n) is 4.40. The summed E-state index contributed by atoms with van der Waals surface area (Å²) < 4.78 is 0. The van der Waals surface area contributed by atoms with Gasteiger partial charge in [-0.15, -0.1) is 0 Å². The highest BCUT2D eigenvalue weighted by Gasteiger charge is 2.23. The highest BCUT2D eigenvalue weighted by molar-refractivity contribution is 5.29. The van der Waals surface area contributed by atoms with Crippen LogP contribution in [-0.4, -0.2) is 42.5 Å². The molecule has 4 rings (SSSR count). The van der Waals surface area contributed by atoms with Gasteiger partial charge in [-0.2, -0.15) is 0 Å². The lowest BCUT2D eigenvalue weighted by molar-refractivity contribution is 0.137. The van der Waals surface area contributed by atoms with E-state index in [1.807, 2.05) is 0 Å². The number of likely N-dealkylation sites (tertiary alicyclic amines) is 1. The molecule has 132 valence electrons. The van der Waals surface area contributed by atoms with E-state index in [1.165, 1.54) is 64.0 Å². The van der Waals surface area contributed by atoms with Crippen LogP contribution in [0.15, 0.2) is 54.6 Å². The normalized spacial score (nSPS) is 19.7. The van der Waals surface area contributed by atoms with Gasteiger partial charge >= 0.3 is 0 Å². The molecule has 0 aromatic heterocycles. The zero-order valence-corrected chi connectivity index (χ0v) is 15.2. The van der Waals surface area contributed by atoms with Gasteiger partial charge in [0, 0.05) is 26.2 Å². The minimum atomic E-state index is 0.887. The summed E-state index contributed by atoms with van der Waals surface area (Å²) in [5.74, 6) is 0.887. The van der Waals surface area contributed by atoms with E-state index in [-0.39, 0.29) is 0 Å². The first-order valence-electron chi connectivity index (χ1n) is 9.92. The van der Waals surface area contributed by atoms with Crippen LogP contribution in [0.2, 0.25) is 0 Å². The van der Waals surface area contributed by atoms with Crippen LogP contribution < -0.4 is 0 Å². The lowest BCUT2D eigenvalue weighted by Gasteiger charge is -2.36. The van der Waals surface area contributed by atoms with Gasteiger partial charge < -0.3 is 4.90 Å². The monoisotopic (exact) mass is 334 g/mol. The topological polar surface area (TPSA) is 6.48 Å². The Morgan fingerprint density at radius 2 is 1.48 bits per heavy atom. The molecule has 0 aliphatic carbocycles. The van der Waals surface area contributed by atoms with Gasteiger partial charge in [-0.3, -0.25) is 4.90 Å². The van der Waals surface area contributed by atoms with Gasteiger partial charge in [0.1, 0.15) is 0 Å². The average molecular weight is 335 g/mol. The van der Waals surface area contributed by atoms with E-state index in [0.717, 1.165) is 12.5 Å². The van der Waals surface area contributed by atoms with Crippen molar-refractivity contribution in [1.29, 1.82) is 0 Å². The van der Waals surface area contributed by atoms with Gasteiger partial charge in [-0.05, 0) is 61.4 Å². The summed E-state index contributed by atoms with van der Waals surface area (Å²) in [5, 5.41) is 0. The number of piperidine rings is 1. The number of fused-ring (bicyclic) bond motifs is 1. The molecule has 1 fully saturated rings. The predicted octanol–water partition coefficient (Wildman–Crippen LogP) is 4.00. The van der Waals surface area contributed by atoms with E-state index in [4.69, 9.17) is 0 Å². The minimum absolute atomic E-state index is 0.887. The van der Waals surface area contributed by atoms with Crippen molar-refractivity contribution >= 4 is 0 Å². The molecule has 0 saturated carbocycles. The summed E-state index contributed by atoms with van der Waals surface area (Å²) in [5.41, 5.74) is 4.58. The van der Waals surface area contributed by atoms with Crippen LogP contribution in [0.3, 0.4) is 0 Å². The van der Waals surface area contributed by atoms with E-state index < -0.39 is 0 Å². The fraction of sp³-hybridized carbons (Fsp3) is 0.478. The molecule has 2 aliphatic heterocycles. The van der Waals surface area contributed by atoms with Crippen molar-refractivity contribution in [1.82, 2.24) is 9.80 Å². The van der Waals surface area contributed by atoms with Crippen LogP contribution in [0.4, 0.5) is 0 Å². The minimum Gasteiger partial charge on any atom is -0.303 e. The maximum Gasteiger partial charge on any atom is 0.0236 e. The van der Waals surface area contributed by atoms with Gasteiger partial charge in [-0.25, -0.2) is 0 Å². The summed E-state index contributed by atoms with van der Waals surface area (Å²) in [6.07, 6.45) is 5.15. The second-order valence-electron chi connectivity index (χ2n) is 7.77. The van der Waals surface area contributed by atoms with Gasteiger partial charge in [0.05, 0.1) is 0 Å². The number of hydrogen-bond acceptors (Lipinski definition) is 2. The van der Waals surface area contributed by atoms with Crippen LogP contribution in [0, 0.1) is 5.92 Å². The molecule has 0 spiro atoms. The molecule has 0 N–H and O–H groups in total. The third-order valence-electron chi connectivity index (χ3n) is 5.99. The van der Waals surface area contributed by atoms with Gasteiger partial charge in [0.25, 0.3) is 0 Å². The number of nitrogens with zero attached hydrogens (tertiary/aromatic N) is 2. The first-order valence-corrected chi connectivity index (χ1v) is 9.92. The number of hydrogen-bond donors (Lipinski definition) is 0. The zero-order valence-electron chi connectivity index (χ0n) is 15.2. The van der Waals surface area contributed by atoms with E-state index in [1.54, 1.807) is 11.1 Å². The summed E-state index contributed by atoms with van der Waals surface area (Å²) in [7, 11) is 0. The third-order valence-corrected chi connectivity index (χ3v) is 5.99. The maximum absolute atomic E-state index is 2.69. The summed E-state index contributed by atoms with van der Waals surface area (Å²) in [6, 6.07) is 19.9. The van der Waals surface area contributed by atoms with Crippen molar-refractivity contribution in [3.63, 3.8) is 0 Å². The predicted molar refractivity (Wildman–Crippen MR) is 105 cm³/mol. The quantitative estimate of drug-likeness (QED) is 0.815. The van der Waals surface area contributed by atoms with E-state index in [0.29, 0.717) is 0 Å². The molecule has 0 radical (unpaired) electrons. The molecule has 2 nitrogen and oxygen atoms in total. The second kappa shape index (κ2) is 8.16. The number of benzene rings is 2. The summed E-state index contributed by atoms with van der Waals surface area (Å²) in [6.45, 7) is 7.47.